The molecule has 3 aliphatic rings. The predicted octanol–water partition coefficient (Wildman–Crippen LogP) is 4.28. The number of aromatic nitrogens is 1. The van der Waals surface area contributed by atoms with Gasteiger partial charge in [0.05, 0.1) is 18.7 Å². The topological polar surface area (TPSA) is 104 Å². The lowest BCUT2D eigenvalue weighted by molar-refractivity contribution is -0.139. The van der Waals surface area contributed by atoms with Crippen molar-refractivity contribution in [2.45, 2.75) is 49.7 Å². The third-order valence-corrected chi connectivity index (χ3v) is 8.32. The Morgan fingerprint density at radius 2 is 2.11 bits per heavy atom. The molecule has 0 aliphatic carbocycles. The number of aliphatic imine (C=N–C) groups is 1. The fourth-order valence-corrected chi connectivity index (χ4v) is 6.49. The van der Waals surface area contributed by atoms with Crippen molar-refractivity contribution >= 4 is 40.7 Å². The normalized spacial score (nSPS) is 27.0. The minimum absolute atomic E-state index is 0.0144. The Kier molecular flexibility index (Phi) is 7.03. The molecule has 8 nitrogen and oxygen atoms in total. The minimum atomic E-state index is -2.97. The average Bonchev–Trinajstić information content (AvgIpc) is 3.43. The zero-order valence-electron chi connectivity index (χ0n) is 19.9. The molecule has 12 heteroatoms. The van der Waals surface area contributed by atoms with E-state index in [4.69, 9.17) is 21.3 Å². The molecule has 3 aliphatic heterocycles. The molecule has 0 spiro atoms. The number of hydrogen-bond acceptors (Lipinski definition) is 8. The SMILES string of the molecule is COC(=O)C1=C(CN2[C@@H]3CC(CC(=O)O)C[C@H]2C(F)(F)C3)NC(c2nccs2)=N[C@H]1c1ccccc1Cl. The second-order valence-electron chi connectivity index (χ2n) is 9.49. The summed E-state index contributed by atoms with van der Waals surface area (Å²) in [7, 11) is 1.26. The number of piperidine rings is 1. The summed E-state index contributed by atoms with van der Waals surface area (Å²) < 4.78 is 35.2. The van der Waals surface area contributed by atoms with Crippen LogP contribution in [0.4, 0.5) is 8.78 Å². The van der Waals surface area contributed by atoms with Crippen LogP contribution in [0.25, 0.3) is 0 Å². The number of ether oxygens (including phenoxy) is 1. The molecule has 5 rings (SSSR count). The number of rotatable bonds is 7. The first kappa shape index (κ1) is 25.7. The van der Waals surface area contributed by atoms with Gasteiger partial charge >= 0.3 is 11.9 Å². The number of benzene rings is 1. The van der Waals surface area contributed by atoms with E-state index in [0.29, 0.717) is 33.5 Å². The van der Waals surface area contributed by atoms with Crippen LogP contribution in [0.3, 0.4) is 0 Å². The van der Waals surface area contributed by atoms with Gasteiger partial charge in [-0.05, 0) is 24.8 Å². The van der Waals surface area contributed by atoms with E-state index in [1.54, 1.807) is 40.7 Å². The number of fused-ring (bicyclic) bond motifs is 2. The van der Waals surface area contributed by atoms with E-state index in [1.165, 1.54) is 18.4 Å². The maximum absolute atomic E-state index is 15.1. The molecule has 0 radical (unpaired) electrons. The van der Waals surface area contributed by atoms with Crippen LogP contribution >= 0.6 is 22.9 Å². The quantitative estimate of drug-likeness (QED) is 0.496. The summed E-state index contributed by atoms with van der Waals surface area (Å²) in [5.41, 5.74) is 1.15. The van der Waals surface area contributed by atoms with E-state index in [0.717, 1.165) is 0 Å². The van der Waals surface area contributed by atoms with Crippen LogP contribution in [0, 0.1) is 5.92 Å². The number of carboxylic acids is 1. The molecule has 2 N–H and O–H groups in total. The molecular weight excluding hydrogens is 526 g/mol. The van der Waals surface area contributed by atoms with Gasteiger partial charge in [0.25, 0.3) is 5.92 Å². The van der Waals surface area contributed by atoms with Crippen molar-refractivity contribution in [1.29, 1.82) is 0 Å². The standard InChI is InChI=1S/C25H25ClF2N4O4S/c1-36-24(35)20-17(12-32-14-8-13(10-19(33)34)9-18(32)25(27,28)11-14)30-22(23-29-6-7-37-23)31-21(20)15-4-2-3-5-16(15)26/h2-7,13-14,18,21H,8-12H2,1H3,(H,30,31)(H,33,34)/t13?,14-,18+,21+/m1/s1. The first-order valence-corrected chi connectivity index (χ1v) is 13.1. The van der Waals surface area contributed by atoms with Gasteiger partial charge in [-0.3, -0.25) is 14.7 Å². The molecule has 0 saturated carbocycles. The number of carboxylic acid groups (broad SMARTS) is 1. The number of esters is 1. The fraction of sp³-hybridized carbons (Fsp3) is 0.440. The minimum Gasteiger partial charge on any atom is -0.481 e. The summed E-state index contributed by atoms with van der Waals surface area (Å²) in [4.78, 5) is 35.1. The first-order valence-electron chi connectivity index (χ1n) is 11.8. The van der Waals surface area contributed by atoms with Crippen molar-refractivity contribution in [3.8, 4) is 0 Å². The average molecular weight is 551 g/mol. The van der Waals surface area contributed by atoms with Gasteiger partial charge in [0, 0.05) is 53.3 Å². The van der Waals surface area contributed by atoms with Crippen LogP contribution < -0.4 is 5.32 Å². The molecule has 196 valence electrons. The highest BCUT2D eigenvalue weighted by molar-refractivity contribution is 7.11. The number of hydrogen-bond donors (Lipinski definition) is 2. The summed E-state index contributed by atoms with van der Waals surface area (Å²) in [6.07, 6.45) is 1.55. The summed E-state index contributed by atoms with van der Waals surface area (Å²) in [6.45, 7) is 0.0144. The van der Waals surface area contributed by atoms with Crippen molar-refractivity contribution in [2.24, 2.45) is 10.9 Å². The van der Waals surface area contributed by atoms with Gasteiger partial charge in [0.2, 0.25) is 0 Å². The molecule has 4 atom stereocenters. The lowest BCUT2D eigenvalue weighted by atomic mass is 9.87. The van der Waals surface area contributed by atoms with Crippen LogP contribution in [-0.4, -0.2) is 64.4 Å². The fourth-order valence-electron chi connectivity index (χ4n) is 5.66. The molecule has 0 amide bonds. The van der Waals surface area contributed by atoms with Gasteiger partial charge in [-0.25, -0.2) is 18.6 Å². The number of halogens is 3. The van der Waals surface area contributed by atoms with Crippen molar-refractivity contribution in [1.82, 2.24) is 15.2 Å². The molecule has 1 aromatic heterocycles. The Morgan fingerprint density at radius 1 is 1.32 bits per heavy atom. The maximum atomic E-state index is 15.1. The van der Waals surface area contributed by atoms with E-state index in [-0.39, 0.29) is 37.3 Å². The van der Waals surface area contributed by atoms with Gasteiger partial charge in [-0.2, -0.15) is 0 Å². The van der Waals surface area contributed by atoms with Crippen LogP contribution in [0.5, 0.6) is 0 Å². The monoisotopic (exact) mass is 550 g/mol. The lowest BCUT2D eigenvalue weighted by Crippen LogP contribution is -2.50. The lowest BCUT2D eigenvalue weighted by Gasteiger charge is -2.40. The number of thiazole rings is 1. The molecule has 2 saturated heterocycles. The van der Waals surface area contributed by atoms with E-state index >= 15 is 8.78 Å². The zero-order chi connectivity index (χ0) is 26.3. The number of alkyl halides is 2. The summed E-state index contributed by atoms with van der Waals surface area (Å²) >= 11 is 7.85. The third-order valence-electron chi connectivity index (χ3n) is 7.20. The Morgan fingerprint density at radius 3 is 2.76 bits per heavy atom. The second-order valence-corrected chi connectivity index (χ2v) is 10.8. The largest absolute Gasteiger partial charge is 0.481 e. The predicted molar refractivity (Wildman–Crippen MR) is 134 cm³/mol. The third kappa shape index (κ3) is 4.99. The van der Waals surface area contributed by atoms with E-state index < -0.39 is 36.0 Å². The van der Waals surface area contributed by atoms with Crippen LogP contribution in [0.2, 0.25) is 5.02 Å². The Hall–Kier alpha value is -2.89. The summed E-state index contributed by atoms with van der Waals surface area (Å²) in [5, 5.41) is 15.2. The Balaban J connectivity index is 1.56. The second kappa shape index (κ2) is 10.1. The Labute approximate surface area is 221 Å². The summed E-state index contributed by atoms with van der Waals surface area (Å²) in [6, 6.07) is 4.51. The number of carbonyl (C=O) groups is 2. The van der Waals surface area contributed by atoms with Gasteiger partial charge < -0.3 is 15.2 Å². The molecule has 2 fully saturated rings. The molecule has 37 heavy (non-hydrogen) atoms. The van der Waals surface area contributed by atoms with Gasteiger partial charge in [0.1, 0.15) is 6.04 Å². The van der Waals surface area contributed by atoms with E-state index in [2.05, 4.69) is 10.3 Å². The summed E-state index contributed by atoms with van der Waals surface area (Å²) in [5.74, 6) is -4.52. The molecular formula is C25H25ClF2N4O4S. The highest BCUT2D eigenvalue weighted by Crippen LogP contribution is 2.49. The number of nitrogens with zero attached hydrogens (tertiary/aromatic N) is 3. The number of amidine groups is 1. The van der Waals surface area contributed by atoms with Gasteiger partial charge in [-0.1, -0.05) is 29.8 Å². The van der Waals surface area contributed by atoms with Crippen LogP contribution in [0.1, 0.15) is 42.3 Å². The highest BCUT2D eigenvalue weighted by atomic mass is 35.5. The van der Waals surface area contributed by atoms with Crippen LogP contribution in [0.15, 0.2) is 52.1 Å². The smallest absolute Gasteiger partial charge is 0.338 e. The first-order chi connectivity index (χ1) is 17.7. The van der Waals surface area contributed by atoms with E-state index in [1.807, 2.05) is 0 Å². The number of methoxy groups -OCH3 is 1. The number of carbonyl (C=O) groups excluding carboxylic acids is 1. The van der Waals surface area contributed by atoms with Gasteiger partial charge in [0.15, 0.2) is 10.8 Å². The van der Waals surface area contributed by atoms with Crippen molar-refractivity contribution in [3.05, 3.63) is 62.7 Å². The van der Waals surface area contributed by atoms with Crippen LogP contribution in [-0.2, 0) is 14.3 Å². The van der Waals surface area contributed by atoms with E-state index in [9.17, 15) is 14.7 Å². The maximum Gasteiger partial charge on any atom is 0.338 e. The Bertz CT molecular complexity index is 1270. The molecule has 2 bridgehead atoms. The zero-order valence-corrected chi connectivity index (χ0v) is 21.4. The van der Waals surface area contributed by atoms with Crippen molar-refractivity contribution in [2.75, 3.05) is 13.7 Å². The molecule has 4 heterocycles. The highest BCUT2D eigenvalue weighted by Gasteiger charge is 2.57. The molecule has 1 aromatic carbocycles. The van der Waals surface area contributed by atoms with Gasteiger partial charge in [-0.15, -0.1) is 11.3 Å². The molecule has 2 aromatic rings. The van der Waals surface area contributed by atoms with Crippen molar-refractivity contribution in [3.63, 3.8) is 0 Å². The molecule has 1 unspecified atom stereocenters. The number of aliphatic carboxylic acids is 1. The van der Waals surface area contributed by atoms with Crippen molar-refractivity contribution < 1.29 is 28.2 Å². The number of nitrogens with one attached hydrogen (secondary N) is 1.